The molecule has 0 spiro atoms. The van der Waals surface area contributed by atoms with Crippen LogP contribution in [0.4, 0.5) is 0 Å². The van der Waals surface area contributed by atoms with Gasteiger partial charge in [-0.25, -0.2) is 0 Å². The van der Waals surface area contributed by atoms with Gasteiger partial charge in [-0.15, -0.1) is 0 Å². The first-order valence-corrected chi connectivity index (χ1v) is 16.8. The van der Waals surface area contributed by atoms with Crippen LogP contribution in [0.5, 0.6) is 0 Å². The zero-order chi connectivity index (χ0) is 30.8. The first-order chi connectivity index (χ1) is 22.6. The lowest BCUT2D eigenvalue weighted by Crippen LogP contribution is -2.30. The van der Waals surface area contributed by atoms with Crippen LogP contribution in [-0.2, 0) is 6.42 Å². The molecule has 0 bridgehead atoms. The van der Waals surface area contributed by atoms with Crippen molar-refractivity contribution in [2.75, 3.05) is 0 Å². The van der Waals surface area contributed by atoms with Crippen molar-refractivity contribution in [3.05, 3.63) is 160 Å². The Hall–Kier alpha value is -4.97. The molecule has 46 heavy (non-hydrogen) atoms. The number of rotatable bonds is 5. The largest absolute Gasteiger partial charge is 0.456 e. The summed E-state index contributed by atoms with van der Waals surface area (Å²) in [5, 5.41) is 7.54. The highest BCUT2D eigenvalue weighted by molar-refractivity contribution is 8.03. The van der Waals surface area contributed by atoms with E-state index in [-0.39, 0.29) is 12.1 Å². The van der Waals surface area contributed by atoms with E-state index in [4.69, 9.17) is 10.2 Å². The van der Waals surface area contributed by atoms with Gasteiger partial charge in [0.05, 0.1) is 11.0 Å². The average Bonchev–Trinajstić information content (AvgIpc) is 3.76. The second-order valence-electron chi connectivity index (χ2n) is 12.3. The van der Waals surface area contributed by atoms with Gasteiger partial charge in [0.25, 0.3) is 0 Å². The lowest BCUT2D eigenvalue weighted by atomic mass is 9.91. The van der Waals surface area contributed by atoms with Crippen molar-refractivity contribution in [2.24, 2.45) is 5.73 Å². The molecule has 5 heteroatoms. The summed E-state index contributed by atoms with van der Waals surface area (Å²) in [4.78, 5) is 2.62. The lowest BCUT2D eigenvalue weighted by molar-refractivity contribution is 0.588. The summed E-state index contributed by atoms with van der Waals surface area (Å²) < 4.78 is 8.69. The molecule has 2 aliphatic rings. The SMILES string of the molecule is CC1/C(=C(\NC(N)c2ccc(-n3c4ccccc4c4ccccc43)cc2)C2=Cc3oc4ccccc4c3CC2)Sc2ccccc21. The van der Waals surface area contributed by atoms with Crippen LogP contribution in [0, 0.1) is 0 Å². The number of thioether (sulfide) groups is 1. The van der Waals surface area contributed by atoms with E-state index in [9.17, 15) is 0 Å². The Morgan fingerprint density at radius 1 is 0.783 bits per heavy atom. The second-order valence-corrected chi connectivity index (χ2v) is 13.4. The van der Waals surface area contributed by atoms with Gasteiger partial charge in [0.1, 0.15) is 17.5 Å². The molecule has 9 rings (SSSR count). The summed E-state index contributed by atoms with van der Waals surface area (Å²) in [6.45, 7) is 2.30. The molecule has 0 amide bonds. The Kier molecular flexibility index (Phi) is 6.44. The van der Waals surface area contributed by atoms with E-state index in [1.807, 2.05) is 17.8 Å². The monoisotopic (exact) mass is 615 g/mol. The van der Waals surface area contributed by atoms with Crippen LogP contribution in [0.15, 0.2) is 147 Å². The number of hydrogen-bond acceptors (Lipinski definition) is 4. The van der Waals surface area contributed by atoms with Crippen molar-refractivity contribution in [1.82, 2.24) is 9.88 Å². The van der Waals surface area contributed by atoms with E-state index >= 15 is 0 Å². The number of benzene rings is 5. The van der Waals surface area contributed by atoms with E-state index < -0.39 is 0 Å². The number of nitrogens with two attached hydrogens (primary N) is 1. The van der Waals surface area contributed by atoms with Gasteiger partial charge in [-0.3, -0.25) is 0 Å². The number of nitrogens with one attached hydrogen (secondary N) is 1. The fourth-order valence-corrected chi connectivity index (χ4v) is 8.66. The molecule has 7 aromatic rings. The second kappa shape index (κ2) is 10.8. The molecule has 4 nitrogen and oxygen atoms in total. The van der Waals surface area contributed by atoms with Gasteiger partial charge >= 0.3 is 0 Å². The Morgan fingerprint density at radius 2 is 1.43 bits per heavy atom. The molecular formula is C41H33N3OS. The van der Waals surface area contributed by atoms with Crippen molar-refractivity contribution in [1.29, 1.82) is 0 Å². The van der Waals surface area contributed by atoms with Crippen molar-refractivity contribution < 1.29 is 4.42 Å². The van der Waals surface area contributed by atoms with Crippen molar-refractivity contribution in [2.45, 2.75) is 36.7 Å². The molecule has 2 atom stereocenters. The van der Waals surface area contributed by atoms with Crippen LogP contribution in [0.25, 0.3) is 44.5 Å². The highest BCUT2D eigenvalue weighted by Crippen LogP contribution is 2.51. The molecule has 0 fully saturated rings. The van der Waals surface area contributed by atoms with E-state index in [0.717, 1.165) is 41.1 Å². The van der Waals surface area contributed by atoms with E-state index in [2.05, 4.69) is 138 Å². The zero-order valence-corrected chi connectivity index (χ0v) is 26.4. The van der Waals surface area contributed by atoms with Crippen LogP contribution >= 0.6 is 11.8 Å². The first kappa shape index (κ1) is 27.3. The molecular weight excluding hydrogens is 583 g/mol. The Balaban J connectivity index is 1.09. The van der Waals surface area contributed by atoms with Gasteiger partial charge in [-0.1, -0.05) is 104 Å². The van der Waals surface area contributed by atoms with E-state index in [1.54, 1.807) is 0 Å². The Bertz CT molecular complexity index is 2300. The molecule has 1 aliphatic heterocycles. The number of allylic oxidation sites excluding steroid dienone is 2. The normalized spacial score (nSPS) is 17.6. The molecule has 0 saturated carbocycles. The average molecular weight is 616 g/mol. The molecule has 3 N–H and O–H groups in total. The predicted molar refractivity (Wildman–Crippen MR) is 191 cm³/mol. The van der Waals surface area contributed by atoms with Crippen LogP contribution in [0.1, 0.15) is 47.9 Å². The summed E-state index contributed by atoms with van der Waals surface area (Å²) in [7, 11) is 0. The summed E-state index contributed by atoms with van der Waals surface area (Å²) in [5.74, 6) is 1.23. The maximum absolute atomic E-state index is 7.01. The minimum Gasteiger partial charge on any atom is -0.456 e. The third-order valence-electron chi connectivity index (χ3n) is 9.64. The third kappa shape index (κ3) is 4.34. The van der Waals surface area contributed by atoms with Gasteiger partial charge < -0.3 is 20.0 Å². The van der Waals surface area contributed by atoms with Crippen LogP contribution in [-0.4, -0.2) is 4.57 Å². The topological polar surface area (TPSA) is 56.1 Å². The molecule has 5 aromatic carbocycles. The number of hydrogen-bond donors (Lipinski definition) is 2. The molecule has 3 heterocycles. The molecule has 224 valence electrons. The Labute approximate surface area is 272 Å². The summed E-state index contributed by atoms with van der Waals surface area (Å²) in [6, 6.07) is 43.0. The minimum atomic E-state index is -0.385. The van der Waals surface area contributed by atoms with Gasteiger partial charge in [-0.05, 0) is 72.0 Å². The minimum absolute atomic E-state index is 0.270. The third-order valence-corrected chi connectivity index (χ3v) is 11.0. The summed E-state index contributed by atoms with van der Waals surface area (Å²) in [6.07, 6.45) is 3.71. The van der Waals surface area contributed by atoms with Crippen molar-refractivity contribution in [3.63, 3.8) is 0 Å². The molecule has 0 radical (unpaired) electrons. The quantitative estimate of drug-likeness (QED) is 0.189. The molecule has 1 aliphatic carbocycles. The standard InChI is InChI=1S/C41H33N3OS/c1-25-29-10-5-9-17-38(29)46-40(25)39(27-20-23-33-32-13-4-8-16-36(32)45-37(33)24-27)43-41(42)26-18-21-28(22-19-26)44-34-14-6-2-11-30(34)31-12-3-7-15-35(31)44/h2-19,21-22,24-25,41,43H,20,23,42H2,1H3/b40-39+. The Morgan fingerprint density at radius 3 is 2.17 bits per heavy atom. The fourth-order valence-electron chi connectivity index (χ4n) is 7.32. The van der Waals surface area contributed by atoms with Crippen LogP contribution < -0.4 is 11.1 Å². The summed E-state index contributed by atoms with van der Waals surface area (Å²) >= 11 is 1.86. The van der Waals surface area contributed by atoms with E-state index in [0.29, 0.717) is 0 Å². The summed E-state index contributed by atoms with van der Waals surface area (Å²) in [5.41, 5.74) is 17.6. The smallest absolute Gasteiger partial charge is 0.135 e. The van der Waals surface area contributed by atoms with E-state index in [1.165, 1.54) is 53.7 Å². The molecule has 0 saturated heterocycles. The predicted octanol–water partition coefficient (Wildman–Crippen LogP) is 10.2. The number of aromatic nitrogens is 1. The number of nitrogens with zero attached hydrogens (tertiary/aromatic N) is 1. The first-order valence-electron chi connectivity index (χ1n) is 16.0. The van der Waals surface area contributed by atoms with Crippen molar-refractivity contribution in [3.8, 4) is 5.69 Å². The maximum Gasteiger partial charge on any atom is 0.135 e. The van der Waals surface area contributed by atoms with Crippen LogP contribution in [0.2, 0.25) is 0 Å². The number of fused-ring (bicyclic) bond motifs is 7. The zero-order valence-electron chi connectivity index (χ0n) is 25.5. The number of aryl methyl sites for hydroxylation is 1. The van der Waals surface area contributed by atoms with Crippen molar-refractivity contribution >= 4 is 50.6 Å². The highest BCUT2D eigenvalue weighted by Gasteiger charge is 2.30. The molecule has 2 aromatic heterocycles. The van der Waals surface area contributed by atoms with Gasteiger partial charge in [0.2, 0.25) is 0 Å². The highest BCUT2D eigenvalue weighted by atomic mass is 32.2. The van der Waals surface area contributed by atoms with Gasteiger partial charge in [-0.2, -0.15) is 0 Å². The lowest BCUT2D eigenvalue weighted by Gasteiger charge is -2.25. The number of furan rings is 1. The molecule has 2 unspecified atom stereocenters. The fraction of sp³-hybridized carbons (Fsp3) is 0.122. The van der Waals surface area contributed by atoms with Crippen LogP contribution in [0.3, 0.4) is 0 Å². The number of para-hydroxylation sites is 3. The van der Waals surface area contributed by atoms with Gasteiger partial charge in [0, 0.05) is 48.8 Å². The maximum atomic E-state index is 7.01. The van der Waals surface area contributed by atoms with Gasteiger partial charge in [0.15, 0.2) is 0 Å².